The number of hydrogen-bond acceptors (Lipinski definition) is 4. The third-order valence-electron chi connectivity index (χ3n) is 5.00. The largest absolute Gasteiger partial charge is 0.357 e. The van der Waals surface area contributed by atoms with Crippen LogP contribution in [0.2, 0.25) is 0 Å². The molecule has 0 saturated carbocycles. The van der Waals surface area contributed by atoms with E-state index in [2.05, 4.69) is 55.1 Å². The maximum Gasteiger partial charge on any atom is 0.191 e. The molecule has 0 bridgehead atoms. The normalized spacial score (nSPS) is 18.4. The first-order valence-electron chi connectivity index (χ1n) is 9.68. The van der Waals surface area contributed by atoms with E-state index in [9.17, 15) is 0 Å². The molecule has 0 amide bonds. The molecular weight excluding hydrogens is 330 g/mol. The van der Waals surface area contributed by atoms with Crippen LogP contribution in [0.5, 0.6) is 0 Å². The summed E-state index contributed by atoms with van der Waals surface area (Å²) in [5.41, 5.74) is 1.16. The fourth-order valence-electron chi connectivity index (χ4n) is 3.08. The van der Waals surface area contributed by atoms with Crippen LogP contribution in [0.1, 0.15) is 49.2 Å². The van der Waals surface area contributed by atoms with Crippen LogP contribution in [0.25, 0.3) is 0 Å². The summed E-state index contributed by atoms with van der Waals surface area (Å²) in [5, 5.41) is 8.01. The van der Waals surface area contributed by atoms with Crippen LogP contribution in [-0.2, 0) is 6.42 Å². The van der Waals surface area contributed by atoms with Crippen molar-refractivity contribution in [3.05, 3.63) is 15.6 Å². The molecule has 2 N–H and O–H groups in total. The van der Waals surface area contributed by atoms with Gasteiger partial charge in [0.05, 0.1) is 17.2 Å². The van der Waals surface area contributed by atoms with Crippen molar-refractivity contribution in [2.24, 2.45) is 10.9 Å². The lowest BCUT2D eigenvalue weighted by Gasteiger charge is -2.34. The number of hydrogen-bond donors (Lipinski definition) is 2. The van der Waals surface area contributed by atoms with Crippen molar-refractivity contribution in [2.45, 2.75) is 59.9 Å². The van der Waals surface area contributed by atoms with Gasteiger partial charge in [-0.25, -0.2) is 4.98 Å². The van der Waals surface area contributed by atoms with Gasteiger partial charge in [0.25, 0.3) is 0 Å². The van der Waals surface area contributed by atoms with Crippen LogP contribution >= 0.6 is 11.3 Å². The maximum atomic E-state index is 4.80. The Hall–Kier alpha value is -1.14. The fourth-order valence-corrected chi connectivity index (χ4v) is 4.02. The Morgan fingerprint density at radius 1 is 1.32 bits per heavy atom. The number of nitrogens with one attached hydrogen (secondary N) is 2. The lowest BCUT2D eigenvalue weighted by Crippen LogP contribution is -2.43. The Labute approximate surface area is 157 Å². The summed E-state index contributed by atoms with van der Waals surface area (Å²) >= 11 is 1.80. The highest BCUT2D eigenvalue weighted by Crippen LogP contribution is 2.18. The van der Waals surface area contributed by atoms with Crippen LogP contribution in [0.4, 0.5) is 0 Å². The molecule has 0 radical (unpaired) electrons. The summed E-state index contributed by atoms with van der Waals surface area (Å²) in [6.45, 7) is 16.0. The van der Waals surface area contributed by atoms with Crippen molar-refractivity contribution >= 4 is 17.3 Å². The molecule has 1 unspecified atom stereocenters. The van der Waals surface area contributed by atoms with Crippen LogP contribution in [0, 0.1) is 19.8 Å². The molecule has 5 nitrogen and oxygen atoms in total. The second-order valence-corrected chi connectivity index (χ2v) is 8.50. The highest BCUT2D eigenvalue weighted by atomic mass is 32.1. The van der Waals surface area contributed by atoms with Crippen molar-refractivity contribution in [2.75, 3.05) is 32.7 Å². The van der Waals surface area contributed by atoms with Crippen molar-refractivity contribution in [3.63, 3.8) is 0 Å². The minimum Gasteiger partial charge on any atom is -0.357 e. The molecule has 1 aliphatic rings. The highest BCUT2D eigenvalue weighted by molar-refractivity contribution is 7.11. The topological polar surface area (TPSA) is 52.6 Å². The first-order chi connectivity index (χ1) is 12.0. The Bertz CT molecular complexity index is 527. The smallest absolute Gasteiger partial charge is 0.191 e. The van der Waals surface area contributed by atoms with E-state index in [1.165, 1.54) is 35.8 Å². The second-order valence-electron chi connectivity index (χ2n) is 7.21. The number of likely N-dealkylation sites (tertiary alicyclic amines) is 1. The minimum atomic E-state index is 0.507. The number of nitrogens with zero attached hydrogens (tertiary/aromatic N) is 3. The van der Waals surface area contributed by atoms with Gasteiger partial charge >= 0.3 is 0 Å². The summed E-state index contributed by atoms with van der Waals surface area (Å²) in [6, 6.07) is 0.507. The van der Waals surface area contributed by atoms with Crippen LogP contribution < -0.4 is 10.6 Å². The maximum absolute atomic E-state index is 4.80. The van der Waals surface area contributed by atoms with Crippen LogP contribution in [-0.4, -0.2) is 54.6 Å². The zero-order chi connectivity index (χ0) is 18.2. The average Bonchev–Trinajstić information content (AvgIpc) is 2.91. The SMILES string of the molecule is CCNC(=NCC(C)N1CCC(C)CC1)NCCc1nc(C)c(C)s1. The number of guanidine groups is 1. The number of aliphatic imine (C=N–C) groups is 1. The number of thiazole rings is 1. The molecule has 6 heteroatoms. The quantitative estimate of drug-likeness (QED) is 0.576. The lowest BCUT2D eigenvalue weighted by molar-refractivity contribution is 0.150. The summed E-state index contributed by atoms with van der Waals surface area (Å²) in [6.07, 6.45) is 3.58. The number of aromatic nitrogens is 1. The van der Waals surface area contributed by atoms with E-state index in [4.69, 9.17) is 4.99 Å². The molecule has 0 aliphatic carbocycles. The first kappa shape index (κ1) is 20.2. The average molecular weight is 366 g/mol. The molecule has 0 aromatic carbocycles. The molecule has 1 aromatic heterocycles. The van der Waals surface area contributed by atoms with Gasteiger partial charge in [-0.2, -0.15) is 0 Å². The van der Waals surface area contributed by atoms with E-state index < -0.39 is 0 Å². The molecular formula is C19H35N5S. The lowest BCUT2D eigenvalue weighted by atomic mass is 9.98. The molecule has 1 atom stereocenters. The van der Waals surface area contributed by atoms with E-state index in [1.54, 1.807) is 11.3 Å². The molecule has 1 aliphatic heterocycles. The van der Waals surface area contributed by atoms with E-state index in [0.29, 0.717) is 6.04 Å². The molecule has 2 heterocycles. The second kappa shape index (κ2) is 10.1. The van der Waals surface area contributed by atoms with Crippen LogP contribution in [0.15, 0.2) is 4.99 Å². The van der Waals surface area contributed by atoms with E-state index in [-0.39, 0.29) is 0 Å². The summed E-state index contributed by atoms with van der Waals surface area (Å²) in [4.78, 5) is 13.3. The Morgan fingerprint density at radius 3 is 2.64 bits per heavy atom. The monoisotopic (exact) mass is 365 g/mol. The Kier molecular flexibility index (Phi) is 8.16. The van der Waals surface area contributed by atoms with Crippen molar-refractivity contribution < 1.29 is 0 Å². The molecule has 2 rings (SSSR count). The van der Waals surface area contributed by atoms with Crippen LogP contribution in [0.3, 0.4) is 0 Å². The number of aryl methyl sites for hydroxylation is 2. The van der Waals surface area contributed by atoms with Gasteiger partial charge in [-0.05, 0) is 59.5 Å². The minimum absolute atomic E-state index is 0.507. The number of rotatable bonds is 7. The summed E-state index contributed by atoms with van der Waals surface area (Å²) < 4.78 is 0. The van der Waals surface area contributed by atoms with Gasteiger partial charge < -0.3 is 10.6 Å². The predicted molar refractivity (Wildman–Crippen MR) is 109 cm³/mol. The van der Waals surface area contributed by atoms with Crippen molar-refractivity contribution in [1.82, 2.24) is 20.5 Å². The van der Waals surface area contributed by atoms with Crippen molar-refractivity contribution in [3.8, 4) is 0 Å². The third-order valence-corrected chi connectivity index (χ3v) is 6.14. The van der Waals surface area contributed by atoms with Crippen molar-refractivity contribution in [1.29, 1.82) is 0 Å². The highest BCUT2D eigenvalue weighted by Gasteiger charge is 2.20. The molecule has 1 fully saturated rings. The number of piperidine rings is 1. The molecule has 1 aromatic rings. The summed E-state index contributed by atoms with van der Waals surface area (Å²) in [5.74, 6) is 1.80. The van der Waals surface area contributed by atoms with E-state index in [1.807, 2.05) is 0 Å². The molecule has 1 saturated heterocycles. The first-order valence-corrected chi connectivity index (χ1v) is 10.5. The Balaban J connectivity index is 1.78. The molecule has 0 spiro atoms. The van der Waals surface area contributed by atoms with E-state index >= 15 is 0 Å². The van der Waals surface area contributed by atoms with Gasteiger partial charge in [-0.1, -0.05) is 6.92 Å². The summed E-state index contributed by atoms with van der Waals surface area (Å²) in [7, 11) is 0. The third kappa shape index (κ3) is 6.59. The van der Waals surface area contributed by atoms with Gasteiger partial charge in [-0.15, -0.1) is 11.3 Å². The van der Waals surface area contributed by atoms with Gasteiger partial charge in [-0.3, -0.25) is 9.89 Å². The predicted octanol–water partition coefficient (Wildman–Crippen LogP) is 2.98. The molecule has 25 heavy (non-hydrogen) atoms. The fraction of sp³-hybridized carbons (Fsp3) is 0.789. The van der Waals surface area contributed by atoms with E-state index in [0.717, 1.165) is 43.6 Å². The van der Waals surface area contributed by atoms with Gasteiger partial charge in [0.2, 0.25) is 0 Å². The Morgan fingerprint density at radius 2 is 2.04 bits per heavy atom. The van der Waals surface area contributed by atoms with Gasteiger partial charge in [0.15, 0.2) is 5.96 Å². The zero-order valence-corrected chi connectivity index (χ0v) is 17.4. The van der Waals surface area contributed by atoms with Gasteiger partial charge in [0, 0.05) is 30.4 Å². The standard InChI is InChI=1S/C19H35N5S/c1-6-20-19(21-10-7-18-23-16(4)17(5)25-18)22-13-15(3)24-11-8-14(2)9-12-24/h14-15H,6-13H2,1-5H3,(H2,20,21,22). The van der Waals surface area contributed by atoms with Gasteiger partial charge in [0.1, 0.15) is 0 Å². The molecule has 142 valence electrons. The zero-order valence-electron chi connectivity index (χ0n) is 16.6.